The molecule has 144 valence electrons. The molecule has 1 N–H and O–H groups in total. The third-order valence-corrected chi connectivity index (χ3v) is 3.83. The molecule has 2 rings (SSSR count). The number of ether oxygens (including phenoxy) is 2. The highest BCUT2D eigenvalue weighted by molar-refractivity contribution is 5.93. The molecule has 1 aromatic heterocycles. The monoisotopic (exact) mass is 372 g/mol. The summed E-state index contributed by atoms with van der Waals surface area (Å²) in [5, 5.41) is 10.4. The molecular formula is C21H24O6. The molecule has 0 unspecified atom stereocenters. The summed E-state index contributed by atoms with van der Waals surface area (Å²) in [6.45, 7) is 7.51. The number of hydrogen-bond acceptors (Lipinski definition) is 6. The normalized spacial score (nSPS) is 11.3. The molecule has 0 bridgehead atoms. The van der Waals surface area contributed by atoms with Crippen LogP contribution in [0.2, 0.25) is 0 Å². The van der Waals surface area contributed by atoms with Crippen LogP contribution < -0.4 is 15.1 Å². The zero-order chi connectivity index (χ0) is 20.0. The van der Waals surface area contributed by atoms with E-state index in [0.717, 1.165) is 18.4 Å². The van der Waals surface area contributed by atoms with Crippen molar-refractivity contribution in [3.63, 3.8) is 0 Å². The van der Waals surface area contributed by atoms with Crippen LogP contribution in [0.15, 0.2) is 50.7 Å². The van der Waals surface area contributed by atoms with Crippen LogP contribution in [0.25, 0.3) is 11.0 Å². The standard InChI is InChI=1S/C21H24O6/c1-13(2)7-5-8-14(3)11-12-25-20-18-16(26-15(4)22)9-6-10-17(18)27-21(24)19(20)23/h6-7,9-11,23H,5,8,12H2,1-4H3. The van der Waals surface area contributed by atoms with Crippen LogP contribution >= 0.6 is 0 Å². The van der Waals surface area contributed by atoms with E-state index >= 15 is 0 Å². The van der Waals surface area contributed by atoms with E-state index in [4.69, 9.17) is 13.9 Å². The molecule has 0 fully saturated rings. The summed E-state index contributed by atoms with van der Waals surface area (Å²) in [6, 6.07) is 4.66. The first kappa shape index (κ1) is 20.3. The minimum atomic E-state index is -0.915. The number of fused-ring (bicyclic) bond motifs is 1. The maximum absolute atomic E-state index is 11.9. The molecule has 0 radical (unpaired) electrons. The Morgan fingerprint density at radius 1 is 1.19 bits per heavy atom. The van der Waals surface area contributed by atoms with Crippen molar-refractivity contribution in [1.29, 1.82) is 0 Å². The van der Waals surface area contributed by atoms with Gasteiger partial charge in [0.25, 0.3) is 0 Å². The number of hydrogen-bond donors (Lipinski definition) is 1. The summed E-state index contributed by atoms with van der Waals surface area (Å²) in [4.78, 5) is 23.2. The Labute approximate surface area is 157 Å². The molecule has 0 aliphatic carbocycles. The third kappa shape index (κ3) is 5.48. The summed E-state index contributed by atoms with van der Waals surface area (Å²) in [5.41, 5.74) is 1.64. The van der Waals surface area contributed by atoms with E-state index in [-0.39, 0.29) is 29.1 Å². The highest BCUT2D eigenvalue weighted by Crippen LogP contribution is 2.38. The quantitative estimate of drug-likeness (QED) is 0.333. The van der Waals surface area contributed by atoms with Gasteiger partial charge < -0.3 is 19.0 Å². The Bertz CT molecular complexity index is 945. The van der Waals surface area contributed by atoms with Crippen molar-refractivity contribution >= 4 is 16.9 Å². The average Bonchev–Trinajstić information content (AvgIpc) is 2.57. The maximum atomic E-state index is 11.9. The summed E-state index contributed by atoms with van der Waals surface area (Å²) < 4.78 is 15.9. The second kappa shape index (κ2) is 9.07. The second-order valence-electron chi connectivity index (χ2n) is 6.47. The van der Waals surface area contributed by atoms with Crippen LogP contribution in [0.3, 0.4) is 0 Å². The fourth-order valence-electron chi connectivity index (χ4n) is 2.52. The lowest BCUT2D eigenvalue weighted by molar-refractivity contribution is -0.131. The number of esters is 1. The number of benzene rings is 1. The van der Waals surface area contributed by atoms with E-state index in [0.29, 0.717) is 0 Å². The Morgan fingerprint density at radius 3 is 2.59 bits per heavy atom. The van der Waals surface area contributed by atoms with Gasteiger partial charge in [-0.25, -0.2) is 4.79 Å². The number of allylic oxidation sites excluding steroid dienone is 3. The molecule has 1 aromatic carbocycles. The number of carbonyl (C=O) groups is 1. The topological polar surface area (TPSA) is 86.0 Å². The Hall–Kier alpha value is -3.02. The van der Waals surface area contributed by atoms with Crippen LogP contribution in [-0.2, 0) is 4.79 Å². The minimum Gasteiger partial charge on any atom is -0.499 e. The van der Waals surface area contributed by atoms with Gasteiger partial charge in [-0.1, -0.05) is 23.3 Å². The highest BCUT2D eigenvalue weighted by atomic mass is 16.5. The molecule has 1 heterocycles. The molecule has 6 heteroatoms. The van der Waals surface area contributed by atoms with Crippen LogP contribution in [0.1, 0.15) is 40.5 Å². The van der Waals surface area contributed by atoms with Crippen molar-refractivity contribution in [3.05, 3.63) is 51.9 Å². The highest BCUT2D eigenvalue weighted by Gasteiger charge is 2.19. The predicted octanol–water partition coefficient (Wildman–Crippen LogP) is 4.50. The van der Waals surface area contributed by atoms with Crippen LogP contribution in [-0.4, -0.2) is 17.7 Å². The van der Waals surface area contributed by atoms with Gasteiger partial charge >= 0.3 is 11.6 Å². The second-order valence-corrected chi connectivity index (χ2v) is 6.47. The molecule has 27 heavy (non-hydrogen) atoms. The lowest BCUT2D eigenvalue weighted by Crippen LogP contribution is -2.07. The minimum absolute atomic E-state index is 0.0635. The van der Waals surface area contributed by atoms with E-state index in [2.05, 4.69) is 19.9 Å². The zero-order valence-corrected chi connectivity index (χ0v) is 16.0. The van der Waals surface area contributed by atoms with E-state index in [9.17, 15) is 14.7 Å². The first-order valence-electron chi connectivity index (χ1n) is 8.68. The van der Waals surface area contributed by atoms with E-state index < -0.39 is 17.3 Å². The zero-order valence-electron chi connectivity index (χ0n) is 16.0. The van der Waals surface area contributed by atoms with Gasteiger partial charge in [-0.15, -0.1) is 0 Å². The van der Waals surface area contributed by atoms with Gasteiger partial charge in [0.1, 0.15) is 23.3 Å². The van der Waals surface area contributed by atoms with Crippen molar-refractivity contribution < 1.29 is 23.8 Å². The molecule has 0 aliphatic heterocycles. The van der Waals surface area contributed by atoms with Gasteiger partial charge in [-0.05, 0) is 51.8 Å². The first-order chi connectivity index (χ1) is 12.8. The third-order valence-electron chi connectivity index (χ3n) is 3.83. The van der Waals surface area contributed by atoms with Crippen LogP contribution in [0.4, 0.5) is 0 Å². The SMILES string of the molecule is CC(=O)Oc1cccc2oc(=O)c(O)c(OCC=C(C)CCC=C(C)C)c12. The molecule has 0 atom stereocenters. The summed E-state index contributed by atoms with van der Waals surface area (Å²) in [5.74, 6) is -1.10. The summed E-state index contributed by atoms with van der Waals surface area (Å²) in [6.07, 6.45) is 5.86. The largest absolute Gasteiger partial charge is 0.499 e. The smallest absolute Gasteiger partial charge is 0.382 e. The van der Waals surface area contributed by atoms with Gasteiger partial charge in [0.15, 0.2) is 5.75 Å². The molecule has 0 saturated carbocycles. The fraction of sp³-hybridized carbons (Fsp3) is 0.333. The van der Waals surface area contributed by atoms with E-state index in [1.165, 1.54) is 24.6 Å². The maximum Gasteiger partial charge on any atom is 0.382 e. The predicted molar refractivity (Wildman–Crippen MR) is 103 cm³/mol. The molecule has 0 amide bonds. The van der Waals surface area contributed by atoms with Gasteiger partial charge in [-0.2, -0.15) is 0 Å². The van der Waals surface area contributed by atoms with Gasteiger partial charge in [-0.3, -0.25) is 4.79 Å². The molecular weight excluding hydrogens is 348 g/mol. The number of aromatic hydroxyl groups is 1. The summed E-state index contributed by atoms with van der Waals surface area (Å²) >= 11 is 0. The Morgan fingerprint density at radius 2 is 1.93 bits per heavy atom. The Balaban J connectivity index is 2.31. The Kier molecular flexibility index (Phi) is 6.82. The van der Waals surface area contributed by atoms with Crippen molar-refractivity contribution in [2.24, 2.45) is 0 Å². The fourth-order valence-corrected chi connectivity index (χ4v) is 2.52. The lowest BCUT2D eigenvalue weighted by Gasteiger charge is -2.12. The van der Waals surface area contributed by atoms with Crippen molar-refractivity contribution in [2.75, 3.05) is 6.61 Å². The van der Waals surface area contributed by atoms with E-state index in [1.54, 1.807) is 6.07 Å². The van der Waals surface area contributed by atoms with Crippen LogP contribution in [0.5, 0.6) is 17.2 Å². The number of carbonyl (C=O) groups excluding carboxylic acids is 1. The molecule has 2 aromatic rings. The average molecular weight is 372 g/mol. The molecule has 6 nitrogen and oxygen atoms in total. The van der Waals surface area contributed by atoms with Gasteiger partial charge in [0.05, 0.1) is 0 Å². The van der Waals surface area contributed by atoms with Gasteiger partial charge in [0, 0.05) is 6.92 Å². The van der Waals surface area contributed by atoms with Gasteiger partial charge in [0.2, 0.25) is 5.75 Å². The molecule has 0 saturated heterocycles. The lowest BCUT2D eigenvalue weighted by atomic mass is 10.1. The molecule has 0 aliphatic rings. The van der Waals surface area contributed by atoms with Crippen molar-refractivity contribution in [2.45, 2.75) is 40.5 Å². The van der Waals surface area contributed by atoms with E-state index in [1.807, 2.05) is 13.0 Å². The van der Waals surface area contributed by atoms with Crippen LogP contribution in [0, 0.1) is 0 Å². The molecule has 0 spiro atoms. The van der Waals surface area contributed by atoms with Crippen molar-refractivity contribution in [3.8, 4) is 17.2 Å². The number of rotatable bonds is 7. The first-order valence-corrected chi connectivity index (χ1v) is 8.68. The summed E-state index contributed by atoms with van der Waals surface area (Å²) in [7, 11) is 0. The van der Waals surface area contributed by atoms with Crippen molar-refractivity contribution in [1.82, 2.24) is 0 Å².